The van der Waals surface area contributed by atoms with Crippen molar-refractivity contribution in [1.29, 1.82) is 0 Å². The Labute approximate surface area is 104 Å². The van der Waals surface area contributed by atoms with Crippen LogP contribution in [0.2, 0.25) is 0 Å². The third-order valence-electron chi connectivity index (χ3n) is 2.82. The highest BCUT2D eigenvalue weighted by Crippen LogP contribution is 2.32. The average Bonchev–Trinajstić information content (AvgIpc) is 2.99. The van der Waals surface area contributed by atoms with Crippen molar-refractivity contribution in [2.45, 2.75) is 32.7 Å². The summed E-state index contributed by atoms with van der Waals surface area (Å²) in [6, 6.07) is 3.74. The lowest BCUT2D eigenvalue weighted by Crippen LogP contribution is -2.33. The maximum Gasteiger partial charge on any atom is 0.261 e. The van der Waals surface area contributed by atoms with Gasteiger partial charge < -0.3 is 10.6 Å². The standard InChI is InChI=1S/C12H16N2O2S/c1-7(9-3-4-9)13-12(16)10-5-6-11(17-10)14-8(2)15/h5-7,9H,3-4H2,1-2H3,(H,13,16)(H,14,15). The van der Waals surface area contributed by atoms with E-state index in [-0.39, 0.29) is 17.9 Å². The molecule has 1 fully saturated rings. The lowest BCUT2D eigenvalue weighted by molar-refractivity contribution is -0.114. The molecule has 92 valence electrons. The van der Waals surface area contributed by atoms with Crippen LogP contribution in [0.5, 0.6) is 0 Å². The van der Waals surface area contributed by atoms with E-state index in [4.69, 9.17) is 0 Å². The summed E-state index contributed by atoms with van der Waals surface area (Å²) in [5.41, 5.74) is 0. The molecule has 0 spiro atoms. The van der Waals surface area contributed by atoms with Gasteiger partial charge in [0, 0.05) is 13.0 Å². The van der Waals surface area contributed by atoms with Crippen LogP contribution >= 0.6 is 11.3 Å². The van der Waals surface area contributed by atoms with Crippen LogP contribution in [0.15, 0.2) is 12.1 Å². The summed E-state index contributed by atoms with van der Waals surface area (Å²) in [5.74, 6) is 0.477. The van der Waals surface area contributed by atoms with E-state index >= 15 is 0 Å². The summed E-state index contributed by atoms with van der Waals surface area (Å²) in [6.45, 7) is 3.49. The first kappa shape index (κ1) is 12.1. The third-order valence-corrected chi connectivity index (χ3v) is 3.82. The number of rotatable bonds is 4. The maximum absolute atomic E-state index is 11.9. The van der Waals surface area contributed by atoms with Gasteiger partial charge in [-0.2, -0.15) is 0 Å². The molecule has 5 heteroatoms. The van der Waals surface area contributed by atoms with Gasteiger partial charge in [0.1, 0.15) is 0 Å². The van der Waals surface area contributed by atoms with Gasteiger partial charge in [0.05, 0.1) is 9.88 Å². The van der Waals surface area contributed by atoms with Crippen LogP contribution in [0.3, 0.4) is 0 Å². The van der Waals surface area contributed by atoms with Crippen LogP contribution in [-0.2, 0) is 4.79 Å². The molecular weight excluding hydrogens is 236 g/mol. The minimum absolute atomic E-state index is 0.0500. The molecule has 2 N–H and O–H groups in total. The monoisotopic (exact) mass is 252 g/mol. The molecule has 2 amide bonds. The fraction of sp³-hybridized carbons (Fsp3) is 0.500. The fourth-order valence-corrected chi connectivity index (χ4v) is 2.55. The van der Waals surface area contributed by atoms with Crippen molar-refractivity contribution < 1.29 is 9.59 Å². The zero-order valence-corrected chi connectivity index (χ0v) is 10.8. The van der Waals surface area contributed by atoms with E-state index in [2.05, 4.69) is 10.6 Å². The Kier molecular flexibility index (Phi) is 3.47. The van der Waals surface area contributed by atoms with Gasteiger partial charge in [-0.3, -0.25) is 9.59 Å². The first-order chi connectivity index (χ1) is 8.06. The second kappa shape index (κ2) is 4.87. The lowest BCUT2D eigenvalue weighted by Gasteiger charge is -2.11. The molecule has 0 saturated heterocycles. The molecule has 0 bridgehead atoms. The zero-order chi connectivity index (χ0) is 12.4. The molecule has 1 saturated carbocycles. The smallest absolute Gasteiger partial charge is 0.261 e. The molecule has 1 aliphatic carbocycles. The second-order valence-electron chi connectivity index (χ2n) is 4.44. The molecule has 1 aromatic heterocycles. The van der Waals surface area contributed by atoms with Crippen molar-refractivity contribution >= 4 is 28.2 Å². The minimum Gasteiger partial charge on any atom is -0.349 e. The van der Waals surface area contributed by atoms with Gasteiger partial charge in [-0.1, -0.05) is 0 Å². The molecule has 0 radical (unpaired) electrons. The molecule has 1 unspecified atom stereocenters. The Balaban J connectivity index is 1.93. The van der Waals surface area contributed by atoms with E-state index in [1.165, 1.54) is 31.1 Å². The van der Waals surface area contributed by atoms with Crippen molar-refractivity contribution in [3.05, 3.63) is 17.0 Å². The highest BCUT2D eigenvalue weighted by Gasteiger charge is 2.29. The van der Waals surface area contributed by atoms with E-state index in [0.717, 1.165) is 0 Å². The molecule has 1 atom stereocenters. The summed E-state index contributed by atoms with van der Waals surface area (Å²) >= 11 is 1.30. The predicted octanol–water partition coefficient (Wildman–Crippen LogP) is 2.23. The van der Waals surface area contributed by atoms with Gasteiger partial charge in [0.2, 0.25) is 5.91 Å². The summed E-state index contributed by atoms with van der Waals surface area (Å²) < 4.78 is 0. The van der Waals surface area contributed by atoms with Crippen LogP contribution in [0.4, 0.5) is 5.00 Å². The SMILES string of the molecule is CC(=O)Nc1ccc(C(=O)NC(C)C2CC2)s1. The number of amides is 2. The second-order valence-corrected chi connectivity index (χ2v) is 5.53. The van der Waals surface area contributed by atoms with E-state index < -0.39 is 0 Å². The van der Waals surface area contributed by atoms with Gasteiger partial charge in [-0.25, -0.2) is 0 Å². The molecule has 4 nitrogen and oxygen atoms in total. The zero-order valence-electron chi connectivity index (χ0n) is 9.95. The number of hydrogen-bond donors (Lipinski definition) is 2. The largest absolute Gasteiger partial charge is 0.349 e. The van der Waals surface area contributed by atoms with Crippen LogP contribution in [0.25, 0.3) is 0 Å². The molecule has 2 rings (SSSR count). The normalized spacial score (nSPS) is 16.4. The number of carbonyl (C=O) groups is 2. The molecular formula is C12H16N2O2S. The van der Waals surface area contributed by atoms with Crippen molar-refractivity contribution in [2.75, 3.05) is 5.32 Å². The lowest BCUT2D eigenvalue weighted by atomic mass is 10.2. The number of thiophene rings is 1. The van der Waals surface area contributed by atoms with E-state index in [1.54, 1.807) is 12.1 Å². The van der Waals surface area contributed by atoms with Gasteiger partial charge in [0.15, 0.2) is 0 Å². The molecule has 1 aromatic rings. The van der Waals surface area contributed by atoms with E-state index in [9.17, 15) is 9.59 Å². The van der Waals surface area contributed by atoms with Gasteiger partial charge in [-0.05, 0) is 37.8 Å². The van der Waals surface area contributed by atoms with Crippen LogP contribution in [0, 0.1) is 5.92 Å². The Bertz CT molecular complexity index is 437. The van der Waals surface area contributed by atoms with Crippen molar-refractivity contribution in [2.24, 2.45) is 5.92 Å². The summed E-state index contributed by atoms with van der Waals surface area (Å²) in [7, 11) is 0. The third kappa shape index (κ3) is 3.30. The Hall–Kier alpha value is -1.36. The minimum atomic E-state index is -0.120. The highest BCUT2D eigenvalue weighted by molar-refractivity contribution is 7.18. The van der Waals surface area contributed by atoms with Gasteiger partial charge in [-0.15, -0.1) is 11.3 Å². The Morgan fingerprint density at radius 3 is 2.71 bits per heavy atom. The molecule has 1 heterocycles. The molecule has 17 heavy (non-hydrogen) atoms. The Morgan fingerprint density at radius 1 is 1.41 bits per heavy atom. The highest BCUT2D eigenvalue weighted by atomic mass is 32.1. The van der Waals surface area contributed by atoms with Gasteiger partial charge in [0.25, 0.3) is 5.91 Å². The fourth-order valence-electron chi connectivity index (χ4n) is 1.69. The summed E-state index contributed by atoms with van der Waals surface area (Å²) in [5, 5.41) is 6.36. The molecule has 0 aliphatic heterocycles. The number of hydrogen-bond acceptors (Lipinski definition) is 3. The van der Waals surface area contributed by atoms with Crippen LogP contribution < -0.4 is 10.6 Å². The first-order valence-electron chi connectivity index (χ1n) is 5.74. The summed E-state index contributed by atoms with van der Waals surface area (Å²) in [6.07, 6.45) is 2.42. The molecule has 1 aliphatic rings. The predicted molar refractivity (Wildman–Crippen MR) is 68.3 cm³/mol. The number of anilines is 1. The van der Waals surface area contributed by atoms with Crippen LogP contribution in [-0.4, -0.2) is 17.9 Å². The number of nitrogens with one attached hydrogen (secondary N) is 2. The maximum atomic E-state index is 11.9. The van der Waals surface area contributed by atoms with Crippen molar-refractivity contribution in [1.82, 2.24) is 5.32 Å². The van der Waals surface area contributed by atoms with Gasteiger partial charge >= 0.3 is 0 Å². The topological polar surface area (TPSA) is 58.2 Å². The average molecular weight is 252 g/mol. The van der Waals surface area contributed by atoms with Crippen molar-refractivity contribution in [3.8, 4) is 0 Å². The first-order valence-corrected chi connectivity index (χ1v) is 6.56. The summed E-state index contributed by atoms with van der Waals surface area (Å²) in [4.78, 5) is 23.4. The molecule has 0 aromatic carbocycles. The van der Waals surface area contributed by atoms with E-state index in [1.807, 2.05) is 6.92 Å². The Morgan fingerprint density at radius 2 is 2.12 bits per heavy atom. The quantitative estimate of drug-likeness (QED) is 0.863. The van der Waals surface area contributed by atoms with E-state index in [0.29, 0.717) is 15.8 Å². The van der Waals surface area contributed by atoms with Crippen molar-refractivity contribution in [3.63, 3.8) is 0 Å². The number of carbonyl (C=O) groups excluding carboxylic acids is 2. The van der Waals surface area contributed by atoms with Crippen LogP contribution in [0.1, 0.15) is 36.4 Å².